The van der Waals surface area contributed by atoms with Crippen LogP contribution in [0.5, 0.6) is 0 Å². The minimum atomic E-state index is -4.54. The summed E-state index contributed by atoms with van der Waals surface area (Å²) in [5.41, 5.74) is -0.659. The first-order valence-electron chi connectivity index (χ1n) is 8.24. The molecule has 2 aromatic heterocycles. The lowest BCUT2D eigenvalue weighted by Gasteiger charge is -2.30. The van der Waals surface area contributed by atoms with Crippen molar-refractivity contribution in [1.29, 1.82) is 0 Å². The Labute approximate surface area is 148 Å². The molecule has 1 N–H and O–H groups in total. The lowest BCUT2D eigenvalue weighted by atomic mass is 10.00. The standard InChI is InChI=1S/C17H18F3N5O/c1-11-4-6-25(7-5-11)16-22-9-13(10-23-16)24-15(26)12-2-3-14(21-8-12)17(18,19)20/h2-3,8-11H,4-7H2,1H3,(H,24,26). The number of amides is 1. The number of anilines is 2. The normalized spacial score (nSPS) is 15.8. The fraction of sp³-hybridized carbons (Fsp3) is 0.412. The lowest BCUT2D eigenvalue weighted by molar-refractivity contribution is -0.141. The molecular formula is C17H18F3N5O. The first kappa shape index (κ1) is 18.1. The molecule has 1 aliphatic heterocycles. The third-order valence-corrected chi connectivity index (χ3v) is 4.28. The van der Waals surface area contributed by atoms with Gasteiger partial charge in [-0.2, -0.15) is 13.2 Å². The fourth-order valence-corrected chi connectivity index (χ4v) is 2.66. The van der Waals surface area contributed by atoms with Crippen LogP contribution < -0.4 is 10.2 Å². The molecule has 1 amide bonds. The quantitative estimate of drug-likeness (QED) is 0.903. The summed E-state index contributed by atoms with van der Waals surface area (Å²) in [5, 5.41) is 2.55. The highest BCUT2D eigenvalue weighted by molar-refractivity contribution is 6.03. The number of aromatic nitrogens is 3. The molecule has 0 aromatic carbocycles. The van der Waals surface area contributed by atoms with Gasteiger partial charge in [0.25, 0.3) is 5.91 Å². The number of piperidine rings is 1. The highest BCUT2D eigenvalue weighted by atomic mass is 19.4. The van der Waals surface area contributed by atoms with E-state index in [1.54, 1.807) is 0 Å². The Morgan fingerprint density at radius 3 is 2.31 bits per heavy atom. The van der Waals surface area contributed by atoms with Gasteiger partial charge in [-0.3, -0.25) is 9.78 Å². The third kappa shape index (κ3) is 4.27. The zero-order valence-electron chi connectivity index (χ0n) is 14.1. The van der Waals surface area contributed by atoms with E-state index >= 15 is 0 Å². The summed E-state index contributed by atoms with van der Waals surface area (Å²) in [5.74, 6) is 0.725. The van der Waals surface area contributed by atoms with Crippen molar-refractivity contribution in [2.24, 2.45) is 5.92 Å². The Morgan fingerprint density at radius 1 is 1.12 bits per heavy atom. The van der Waals surface area contributed by atoms with Crippen molar-refractivity contribution in [3.8, 4) is 0 Å². The van der Waals surface area contributed by atoms with E-state index in [4.69, 9.17) is 0 Å². The van der Waals surface area contributed by atoms with E-state index in [1.807, 2.05) is 0 Å². The predicted molar refractivity (Wildman–Crippen MR) is 89.8 cm³/mol. The number of halogens is 3. The van der Waals surface area contributed by atoms with Gasteiger partial charge >= 0.3 is 6.18 Å². The summed E-state index contributed by atoms with van der Waals surface area (Å²) in [6.07, 6.45) is 1.49. The Balaban J connectivity index is 1.62. The topological polar surface area (TPSA) is 71.0 Å². The zero-order chi connectivity index (χ0) is 18.7. The molecule has 0 saturated carbocycles. The molecule has 0 atom stereocenters. The van der Waals surface area contributed by atoms with Crippen molar-refractivity contribution in [3.63, 3.8) is 0 Å². The average Bonchev–Trinajstić information content (AvgIpc) is 2.62. The van der Waals surface area contributed by atoms with E-state index in [2.05, 4.69) is 32.1 Å². The van der Waals surface area contributed by atoms with E-state index in [0.717, 1.165) is 44.3 Å². The lowest BCUT2D eigenvalue weighted by Crippen LogP contribution is -2.34. The summed E-state index contributed by atoms with van der Waals surface area (Å²) in [4.78, 5) is 26.0. The van der Waals surface area contributed by atoms with Gasteiger partial charge in [-0.25, -0.2) is 9.97 Å². The molecule has 0 radical (unpaired) electrons. The van der Waals surface area contributed by atoms with Gasteiger partial charge in [-0.05, 0) is 30.9 Å². The molecule has 1 saturated heterocycles. The Morgan fingerprint density at radius 2 is 1.77 bits per heavy atom. The maximum Gasteiger partial charge on any atom is 0.433 e. The van der Waals surface area contributed by atoms with Gasteiger partial charge in [0.15, 0.2) is 0 Å². The van der Waals surface area contributed by atoms with E-state index in [1.165, 1.54) is 12.4 Å². The van der Waals surface area contributed by atoms with Crippen molar-refractivity contribution >= 4 is 17.5 Å². The number of hydrogen-bond acceptors (Lipinski definition) is 5. The van der Waals surface area contributed by atoms with Gasteiger partial charge < -0.3 is 10.2 Å². The van der Waals surface area contributed by atoms with E-state index in [9.17, 15) is 18.0 Å². The minimum Gasteiger partial charge on any atom is -0.341 e. The monoisotopic (exact) mass is 365 g/mol. The number of nitrogens with zero attached hydrogens (tertiary/aromatic N) is 4. The van der Waals surface area contributed by atoms with Crippen LogP contribution in [-0.2, 0) is 6.18 Å². The number of pyridine rings is 1. The summed E-state index contributed by atoms with van der Waals surface area (Å²) in [6.45, 7) is 4.00. The van der Waals surface area contributed by atoms with Crippen LogP contribution in [0.2, 0.25) is 0 Å². The maximum absolute atomic E-state index is 12.5. The van der Waals surface area contributed by atoms with Crippen molar-refractivity contribution in [2.45, 2.75) is 25.9 Å². The molecule has 1 fully saturated rings. The number of carbonyl (C=O) groups is 1. The summed E-state index contributed by atoms with van der Waals surface area (Å²) in [6, 6.07) is 1.85. The van der Waals surface area contributed by atoms with Crippen molar-refractivity contribution < 1.29 is 18.0 Å². The average molecular weight is 365 g/mol. The summed E-state index contributed by atoms with van der Waals surface area (Å²) < 4.78 is 37.5. The van der Waals surface area contributed by atoms with Gasteiger partial charge in [-0.15, -0.1) is 0 Å². The van der Waals surface area contributed by atoms with Crippen LogP contribution in [0.3, 0.4) is 0 Å². The number of alkyl halides is 3. The highest BCUT2D eigenvalue weighted by Crippen LogP contribution is 2.27. The van der Waals surface area contributed by atoms with Crippen molar-refractivity contribution in [1.82, 2.24) is 15.0 Å². The van der Waals surface area contributed by atoms with Crippen LogP contribution in [0.15, 0.2) is 30.7 Å². The van der Waals surface area contributed by atoms with Gasteiger partial charge in [0.1, 0.15) is 5.69 Å². The second-order valence-electron chi connectivity index (χ2n) is 6.33. The van der Waals surface area contributed by atoms with Crippen LogP contribution in [0.25, 0.3) is 0 Å². The van der Waals surface area contributed by atoms with Crippen molar-refractivity contribution in [3.05, 3.63) is 42.0 Å². The molecule has 9 heteroatoms. The third-order valence-electron chi connectivity index (χ3n) is 4.28. The van der Waals surface area contributed by atoms with Crippen LogP contribution in [-0.4, -0.2) is 33.9 Å². The van der Waals surface area contributed by atoms with Crippen LogP contribution in [0, 0.1) is 5.92 Å². The Kier molecular flexibility index (Phi) is 5.06. The molecule has 0 spiro atoms. The minimum absolute atomic E-state index is 0.0205. The van der Waals surface area contributed by atoms with Crippen LogP contribution in [0.1, 0.15) is 35.8 Å². The SMILES string of the molecule is CC1CCN(c2ncc(NC(=O)c3ccc(C(F)(F)F)nc3)cn2)CC1. The van der Waals surface area contributed by atoms with Gasteiger partial charge in [-0.1, -0.05) is 6.92 Å². The fourth-order valence-electron chi connectivity index (χ4n) is 2.66. The molecule has 26 heavy (non-hydrogen) atoms. The van der Waals surface area contributed by atoms with Crippen LogP contribution in [0.4, 0.5) is 24.8 Å². The largest absolute Gasteiger partial charge is 0.433 e. The molecular weight excluding hydrogens is 347 g/mol. The number of hydrogen-bond donors (Lipinski definition) is 1. The first-order chi connectivity index (χ1) is 12.3. The Hall–Kier alpha value is -2.71. The maximum atomic E-state index is 12.5. The van der Waals surface area contributed by atoms with Crippen LogP contribution >= 0.6 is 0 Å². The molecule has 6 nitrogen and oxygen atoms in total. The molecule has 0 unspecified atom stereocenters. The van der Waals surface area contributed by atoms with Crippen molar-refractivity contribution in [2.75, 3.05) is 23.3 Å². The predicted octanol–water partition coefficient (Wildman–Crippen LogP) is 3.38. The van der Waals surface area contributed by atoms with E-state index in [-0.39, 0.29) is 5.56 Å². The van der Waals surface area contributed by atoms with Gasteiger partial charge in [0.2, 0.25) is 5.95 Å². The molecule has 1 aliphatic rings. The molecule has 0 bridgehead atoms. The zero-order valence-corrected chi connectivity index (χ0v) is 14.1. The molecule has 0 aliphatic carbocycles. The molecule has 2 aromatic rings. The second-order valence-corrected chi connectivity index (χ2v) is 6.33. The number of rotatable bonds is 3. The number of nitrogens with one attached hydrogen (secondary N) is 1. The van der Waals surface area contributed by atoms with E-state index < -0.39 is 17.8 Å². The Bertz CT molecular complexity index is 753. The highest BCUT2D eigenvalue weighted by Gasteiger charge is 2.32. The smallest absolute Gasteiger partial charge is 0.341 e. The molecule has 3 rings (SSSR count). The summed E-state index contributed by atoms with van der Waals surface area (Å²) in [7, 11) is 0. The van der Waals surface area contributed by atoms with Gasteiger partial charge in [0.05, 0.1) is 23.6 Å². The van der Waals surface area contributed by atoms with E-state index in [0.29, 0.717) is 17.6 Å². The second kappa shape index (κ2) is 7.27. The van der Waals surface area contributed by atoms with Gasteiger partial charge in [0, 0.05) is 19.3 Å². The summed E-state index contributed by atoms with van der Waals surface area (Å²) >= 11 is 0. The molecule has 138 valence electrons. The first-order valence-corrected chi connectivity index (χ1v) is 8.24. The molecule has 3 heterocycles. The number of carbonyl (C=O) groups excluding carboxylic acids is 1.